The summed E-state index contributed by atoms with van der Waals surface area (Å²) in [6.07, 6.45) is 57.6. The summed E-state index contributed by atoms with van der Waals surface area (Å²) in [5.41, 5.74) is 0. The van der Waals surface area contributed by atoms with Crippen LogP contribution in [0.3, 0.4) is 0 Å². The standard InChI is InChI=1S/C52H88O6/c1-4-7-10-13-16-19-22-24-26-28-30-33-36-39-42-45-51(54)57-48-49(47-56-50(53)44-41-38-35-32-21-18-15-12-9-6-3)58-52(55)46-43-40-37-34-31-29-27-25-23-20-17-14-11-8-5-2/h7,10,16,19,24-27,30,33,39,42,49H,4-6,8-9,11-15,17-18,20-23,28-29,31-32,34-38,40-41,43-48H2,1-3H3/b10-7-,19-16-,26-24-,27-25-,33-30-,42-39-. The highest BCUT2D eigenvalue weighted by Gasteiger charge is 2.19. The summed E-state index contributed by atoms with van der Waals surface area (Å²) in [5, 5.41) is 0. The molecule has 0 aromatic heterocycles. The molecule has 0 aromatic carbocycles. The summed E-state index contributed by atoms with van der Waals surface area (Å²) in [4.78, 5) is 37.7. The van der Waals surface area contributed by atoms with Crippen molar-refractivity contribution in [3.8, 4) is 0 Å². The maximum atomic E-state index is 12.7. The Bertz CT molecular complexity index is 1110. The molecule has 0 saturated heterocycles. The number of allylic oxidation sites excluding steroid dienone is 11. The van der Waals surface area contributed by atoms with Crippen molar-refractivity contribution in [1.82, 2.24) is 0 Å². The smallest absolute Gasteiger partial charge is 0.309 e. The normalized spacial score (nSPS) is 12.7. The van der Waals surface area contributed by atoms with Crippen LogP contribution in [0, 0.1) is 0 Å². The second-order valence-electron chi connectivity index (χ2n) is 15.7. The van der Waals surface area contributed by atoms with E-state index < -0.39 is 12.1 Å². The Kier molecular flexibility index (Phi) is 44.0. The summed E-state index contributed by atoms with van der Waals surface area (Å²) < 4.78 is 16.6. The molecule has 6 heteroatoms. The first-order chi connectivity index (χ1) is 28.5. The zero-order valence-electron chi connectivity index (χ0n) is 37.8. The highest BCUT2D eigenvalue weighted by atomic mass is 16.6. The summed E-state index contributed by atoms with van der Waals surface area (Å²) in [7, 11) is 0. The fourth-order valence-electron chi connectivity index (χ4n) is 6.39. The first-order valence-electron chi connectivity index (χ1n) is 23.9. The summed E-state index contributed by atoms with van der Waals surface area (Å²) in [6, 6.07) is 0. The number of hydrogen-bond acceptors (Lipinski definition) is 6. The molecule has 0 bridgehead atoms. The van der Waals surface area contributed by atoms with Gasteiger partial charge in [-0.25, -0.2) is 0 Å². The predicted octanol–water partition coefficient (Wildman–Crippen LogP) is 15.5. The number of carbonyl (C=O) groups excluding carboxylic acids is 3. The van der Waals surface area contributed by atoms with Gasteiger partial charge >= 0.3 is 17.9 Å². The van der Waals surface area contributed by atoms with E-state index in [1.165, 1.54) is 96.3 Å². The lowest BCUT2D eigenvalue weighted by Gasteiger charge is -2.18. The van der Waals surface area contributed by atoms with Crippen LogP contribution in [0.2, 0.25) is 0 Å². The minimum absolute atomic E-state index is 0.107. The zero-order valence-corrected chi connectivity index (χ0v) is 37.8. The monoisotopic (exact) mass is 809 g/mol. The van der Waals surface area contributed by atoms with Gasteiger partial charge in [-0.1, -0.05) is 203 Å². The van der Waals surface area contributed by atoms with E-state index in [1.54, 1.807) is 6.08 Å². The van der Waals surface area contributed by atoms with Crippen LogP contribution in [-0.4, -0.2) is 37.2 Å². The lowest BCUT2D eigenvalue weighted by atomic mass is 10.1. The molecule has 0 heterocycles. The Balaban J connectivity index is 4.51. The van der Waals surface area contributed by atoms with E-state index in [0.717, 1.165) is 83.5 Å². The van der Waals surface area contributed by atoms with Gasteiger partial charge in [0.05, 0.1) is 6.42 Å². The Morgan fingerprint density at radius 1 is 0.379 bits per heavy atom. The van der Waals surface area contributed by atoms with Crippen LogP contribution >= 0.6 is 0 Å². The van der Waals surface area contributed by atoms with E-state index in [0.29, 0.717) is 12.8 Å². The van der Waals surface area contributed by atoms with Gasteiger partial charge in [0.2, 0.25) is 0 Å². The molecule has 332 valence electrons. The largest absolute Gasteiger partial charge is 0.462 e. The maximum Gasteiger partial charge on any atom is 0.309 e. The molecule has 0 aliphatic carbocycles. The molecular weight excluding hydrogens is 721 g/mol. The predicted molar refractivity (Wildman–Crippen MR) is 247 cm³/mol. The van der Waals surface area contributed by atoms with Crippen molar-refractivity contribution < 1.29 is 28.6 Å². The van der Waals surface area contributed by atoms with Crippen molar-refractivity contribution in [2.24, 2.45) is 0 Å². The zero-order chi connectivity index (χ0) is 42.3. The highest BCUT2D eigenvalue weighted by Crippen LogP contribution is 2.13. The van der Waals surface area contributed by atoms with Crippen LogP contribution in [0.5, 0.6) is 0 Å². The number of unbranched alkanes of at least 4 members (excludes halogenated alkanes) is 20. The van der Waals surface area contributed by atoms with Crippen molar-refractivity contribution in [2.75, 3.05) is 13.2 Å². The van der Waals surface area contributed by atoms with E-state index in [1.807, 2.05) is 6.08 Å². The summed E-state index contributed by atoms with van der Waals surface area (Å²) >= 11 is 0. The second kappa shape index (κ2) is 46.5. The number of ether oxygens (including phenoxy) is 3. The van der Waals surface area contributed by atoms with Gasteiger partial charge in [0.15, 0.2) is 6.10 Å². The summed E-state index contributed by atoms with van der Waals surface area (Å²) in [6.45, 7) is 6.40. The van der Waals surface area contributed by atoms with Gasteiger partial charge in [0.1, 0.15) is 13.2 Å². The van der Waals surface area contributed by atoms with Crippen LogP contribution in [0.15, 0.2) is 72.9 Å². The number of carbonyl (C=O) groups is 3. The van der Waals surface area contributed by atoms with Gasteiger partial charge in [-0.05, 0) is 70.6 Å². The third kappa shape index (κ3) is 44.0. The molecule has 0 N–H and O–H groups in total. The minimum atomic E-state index is -0.815. The second-order valence-corrected chi connectivity index (χ2v) is 15.7. The third-order valence-electron chi connectivity index (χ3n) is 9.98. The first kappa shape index (κ1) is 54.9. The molecule has 0 spiro atoms. The molecule has 0 fully saturated rings. The van der Waals surface area contributed by atoms with Crippen LogP contribution in [-0.2, 0) is 28.6 Å². The molecule has 0 aliphatic heterocycles. The number of esters is 3. The van der Waals surface area contributed by atoms with Crippen molar-refractivity contribution in [1.29, 1.82) is 0 Å². The highest BCUT2D eigenvalue weighted by molar-refractivity contribution is 5.72. The van der Waals surface area contributed by atoms with Gasteiger partial charge in [-0.3, -0.25) is 14.4 Å². The van der Waals surface area contributed by atoms with E-state index in [-0.39, 0.29) is 31.6 Å². The molecule has 6 nitrogen and oxygen atoms in total. The SMILES string of the molecule is CC/C=C\C/C=C\C/C=C\C/C=C\C/C=C\CC(=O)OCC(COC(=O)CCCCCCCCCCCC)OC(=O)CCCCCCC/C=C\CCCCCCCC. The van der Waals surface area contributed by atoms with Gasteiger partial charge in [-0.2, -0.15) is 0 Å². The molecule has 1 atom stereocenters. The molecule has 58 heavy (non-hydrogen) atoms. The van der Waals surface area contributed by atoms with Gasteiger partial charge < -0.3 is 14.2 Å². The average Bonchev–Trinajstić information content (AvgIpc) is 3.22. The Morgan fingerprint density at radius 3 is 1.19 bits per heavy atom. The molecule has 0 rings (SSSR count). The molecule has 0 aliphatic rings. The van der Waals surface area contributed by atoms with Crippen LogP contribution in [0.4, 0.5) is 0 Å². The van der Waals surface area contributed by atoms with Gasteiger partial charge in [0, 0.05) is 12.8 Å². The molecule has 0 saturated carbocycles. The summed E-state index contributed by atoms with van der Waals surface area (Å²) in [5.74, 6) is -1.05. The van der Waals surface area contributed by atoms with E-state index in [9.17, 15) is 14.4 Å². The van der Waals surface area contributed by atoms with Crippen LogP contribution in [0.25, 0.3) is 0 Å². The van der Waals surface area contributed by atoms with E-state index in [2.05, 4.69) is 81.5 Å². The van der Waals surface area contributed by atoms with Crippen molar-refractivity contribution in [3.63, 3.8) is 0 Å². The van der Waals surface area contributed by atoms with Crippen LogP contribution < -0.4 is 0 Å². The fourth-order valence-corrected chi connectivity index (χ4v) is 6.39. The van der Waals surface area contributed by atoms with Gasteiger partial charge in [-0.15, -0.1) is 0 Å². The maximum absolute atomic E-state index is 12.7. The minimum Gasteiger partial charge on any atom is -0.462 e. The number of hydrogen-bond donors (Lipinski definition) is 0. The third-order valence-corrected chi connectivity index (χ3v) is 9.98. The quantitative estimate of drug-likeness (QED) is 0.0264. The fraction of sp³-hybridized carbons (Fsp3) is 0.712. The molecule has 0 radical (unpaired) electrons. The Morgan fingerprint density at radius 2 is 0.741 bits per heavy atom. The number of rotatable bonds is 42. The molecule has 0 aromatic rings. The molecule has 1 unspecified atom stereocenters. The Hall–Kier alpha value is -3.15. The Labute approximate surface area is 357 Å². The van der Waals surface area contributed by atoms with Crippen molar-refractivity contribution in [2.45, 2.75) is 226 Å². The van der Waals surface area contributed by atoms with Crippen molar-refractivity contribution >= 4 is 17.9 Å². The lowest BCUT2D eigenvalue weighted by Crippen LogP contribution is -2.30. The molecule has 0 amide bonds. The molecular formula is C52H88O6. The van der Waals surface area contributed by atoms with E-state index in [4.69, 9.17) is 14.2 Å². The first-order valence-corrected chi connectivity index (χ1v) is 23.9. The average molecular weight is 809 g/mol. The van der Waals surface area contributed by atoms with Crippen LogP contribution in [0.1, 0.15) is 220 Å². The topological polar surface area (TPSA) is 78.9 Å². The lowest BCUT2D eigenvalue weighted by molar-refractivity contribution is -0.166. The van der Waals surface area contributed by atoms with Crippen molar-refractivity contribution in [3.05, 3.63) is 72.9 Å². The van der Waals surface area contributed by atoms with E-state index >= 15 is 0 Å². The van der Waals surface area contributed by atoms with Gasteiger partial charge in [0.25, 0.3) is 0 Å².